The Kier molecular flexibility index (Phi) is 5.07. The van der Waals surface area contributed by atoms with E-state index >= 15 is 0 Å². The van der Waals surface area contributed by atoms with Crippen LogP contribution in [0.15, 0.2) is 54.6 Å². The maximum atomic E-state index is 5.34. The molecule has 0 spiro atoms. The minimum Gasteiger partial charge on any atom is -0.497 e. The van der Waals surface area contributed by atoms with Gasteiger partial charge in [-0.05, 0) is 17.7 Å². The molecule has 2 rings (SSSR count). The molecule has 0 saturated heterocycles. The van der Waals surface area contributed by atoms with Gasteiger partial charge in [-0.2, -0.15) is 0 Å². The van der Waals surface area contributed by atoms with E-state index in [9.17, 15) is 0 Å². The molecule has 0 unspecified atom stereocenters. The van der Waals surface area contributed by atoms with Gasteiger partial charge in [0.2, 0.25) is 0 Å². The zero-order valence-corrected chi connectivity index (χ0v) is 11.8. The summed E-state index contributed by atoms with van der Waals surface area (Å²) < 4.78 is 10.5. The van der Waals surface area contributed by atoms with Crippen LogP contribution in [0.3, 0.4) is 0 Å². The number of ether oxygens (including phenoxy) is 2. The zero-order chi connectivity index (χ0) is 14.2. The second kappa shape index (κ2) is 7.24. The number of benzene rings is 2. The number of hydrogen-bond donors (Lipinski definition) is 1. The van der Waals surface area contributed by atoms with Crippen molar-refractivity contribution in [2.45, 2.75) is 0 Å². The Balaban J connectivity index is 1.95. The Morgan fingerprint density at radius 2 is 1.80 bits per heavy atom. The molecule has 0 amide bonds. The molecule has 0 aliphatic carbocycles. The standard InChI is InChI=1S/C17H19NO2/c1-19-15-10-11-16(17(13-15)20-2)18-12-6-9-14-7-4-3-5-8-14/h3-11,13,18H,12H2,1-2H3/b9-6+. The van der Waals surface area contributed by atoms with Crippen LogP contribution < -0.4 is 14.8 Å². The number of hydrogen-bond acceptors (Lipinski definition) is 3. The van der Waals surface area contributed by atoms with Crippen molar-refractivity contribution in [1.82, 2.24) is 0 Å². The summed E-state index contributed by atoms with van der Waals surface area (Å²) in [6, 6.07) is 15.9. The van der Waals surface area contributed by atoms with Crippen molar-refractivity contribution >= 4 is 11.8 Å². The van der Waals surface area contributed by atoms with Crippen LogP contribution in [0.5, 0.6) is 11.5 Å². The van der Waals surface area contributed by atoms with E-state index < -0.39 is 0 Å². The fourth-order valence-corrected chi connectivity index (χ4v) is 1.87. The average molecular weight is 269 g/mol. The highest BCUT2D eigenvalue weighted by Gasteiger charge is 2.03. The van der Waals surface area contributed by atoms with E-state index in [0.29, 0.717) is 0 Å². The lowest BCUT2D eigenvalue weighted by molar-refractivity contribution is 0.395. The van der Waals surface area contributed by atoms with E-state index in [1.54, 1.807) is 14.2 Å². The summed E-state index contributed by atoms with van der Waals surface area (Å²) in [4.78, 5) is 0. The lowest BCUT2D eigenvalue weighted by Gasteiger charge is -2.11. The summed E-state index contributed by atoms with van der Waals surface area (Å²) in [5.41, 5.74) is 2.14. The summed E-state index contributed by atoms with van der Waals surface area (Å²) in [6.07, 6.45) is 4.17. The normalized spacial score (nSPS) is 10.5. The van der Waals surface area contributed by atoms with Crippen molar-refractivity contribution in [1.29, 1.82) is 0 Å². The fraction of sp³-hybridized carbons (Fsp3) is 0.176. The summed E-state index contributed by atoms with van der Waals surface area (Å²) in [5.74, 6) is 1.56. The summed E-state index contributed by atoms with van der Waals surface area (Å²) in [7, 11) is 3.30. The molecule has 0 saturated carbocycles. The topological polar surface area (TPSA) is 30.5 Å². The van der Waals surface area contributed by atoms with Crippen LogP contribution in [0.1, 0.15) is 5.56 Å². The largest absolute Gasteiger partial charge is 0.497 e. The molecule has 0 bridgehead atoms. The Labute approximate surface area is 119 Å². The molecular weight excluding hydrogens is 250 g/mol. The van der Waals surface area contributed by atoms with E-state index in [-0.39, 0.29) is 0 Å². The third-order valence-corrected chi connectivity index (χ3v) is 2.93. The predicted octanol–water partition coefficient (Wildman–Crippen LogP) is 3.83. The molecule has 0 fully saturated rings. The van der Waals surface area contributed by atoms with Gasteiger partial charge in [-0.25, -0.2) is 0 Å². The highest BCUT2D eigenvalue weighted by atomic mass is 16.5. The van der Waals surface area contributed by atoms with Crippen LogP contribution in [0.2, 0.25) is 0 Å². The molecule has 0 aliphatic heterocycles. The van der Waals surface area contributed by atoms with E-state index in [1.165, 1.54) is 5.56 Å². The summed E-state index contributed by atoms with van der Waals surface area (Å²) in [5, 5.41) is 3.32. The molecule has 20 heavy (non-hydrogen) atoms. The minimum absolute atomic E-state index is 0.734. The van der Waals surface area contributed by atoms with Crippen LogP contribution in [0.25, 0.3) is 6.08 Å². The molecule has 2 aromatic carbocycles. The van der Waals surface area contributed by atoms with Gasteiger partial charge >= 0.3 is 0 Å². The van der Waals surface area contributed by atoms with Crippen LogP contribution in [-0.2, 0) is 0 Å². The molecule has 3 nitrogen and oxygen atoms in total. The van der Waals surface area contributed by atoms with Crippen molar-refractivity contribution in [3.63, 3.8) is 0 Å². The van der Waals surface area contributed by atoms with E-state index in [2.05, 4.69) is 29.6 Å². The molecule has 104 valence electrons. The first kappa shape index (κ1) is 14.0. The summed E-state index contributed by atoms with van der Waals surface area (Å²) >= 11 is 0. The Hall–Kier alpha value is -2.42. The minimum atomic E-state index is 0.734. The highest BCUT2D eigenvalue weighted by molar-refractivity contribution is 5.60. The molecule has 1 N–H and O–H groups in total. The third kappa shape index (κ3) is 3.79. The molecule has 3 heteroatoms. The SMILES string of the molecule is COc1ccc(NC/C=C/c2ccccc2)c(OC)c1. The summed E-state index contributed by atoms with van der Waals surface area (Å²) in [6.45, 7) is 0.734. The van der Waals surface area contributed by atoms with Gasteiger partial charge < -0.3 is 14.8 Å². The van der Waals surface area contributed by atoms with Crippen LogP contribution in [0, 0.1) is 0 Å². The smallest absolute Gasteiger partial charge is 0.145 e. The monoisotopic (exact) mass is 269 g/mol. The molecular formula is C17H19NO2. The average Bonchev–Trinajstić information content (AvgIpc) is 2.52. The van der Waals surface area contributed by atoms with Gasteiger partial charge in [-0.1, -0.05) is 42.5 Å². The second-order valence-electron chi connectivity index (χ2n) is 4.26. The van der Waals surface area contributed by atoms with Gasteiger partial charge in [-0.15, -0.1) is 0 Å². The van der Waals surface area contributed by atoms with E-state index in [0.717, 1.165) is 23.7 Å². The lowest BCUT2D eigenvalue weighted by atomic mass is 10.2. The van der Waals surface area contributed by atoms with Crippen molar-refractivity contribution in [3.8, 4) is 11.5 Å². The first-order valence-electron chi connectivity index (χ1n) is 6.51. The molecule has 0 radical (unpaired) electrons. The fourth-order valence-electron chi connectivity index (χ4n) is 1.87. The third-order valence-electron chi connectivity index (χ3n) is 2.93. The van der Waals surface area contributed by atoms with Crippen molar-refractivity contribution in [3.05, 3.63) is 60.2 Å². The quantitative estimate of drug-likeness (QED) is 0.864. The second-order valence-corrected chi connectivity index (χ2v) is 4.26. The predicted molar refractivity (Wildman–Crippen MR) is 83.5 cm³/mol. The number of rotatable bonds is 6. The molecule has 2 aromatic rings. The Morgan fingerprint density at radius 3 is 2.50 bits per heavy atom. The van der Waals surface area contributed by atoms with E-state index in [4.69, 9.17) is 9.47 Å². The van der Waals surface area contributed by atoms with Gasteiger partial charge in [0.25, 0.3) is 0 Å². The van der Waals surface area contributed by atoms with Crippen LogP contribution in [0.4, 0.5) is 5.69 Å². The van der Waals surface area contributed by atoms with Crippen LogP contribution in [-0.4, -0.2) is 20.8 Å². The molecule has 0 heterocycles. The van der Waals surface area contributed by atoms with Gasteiger partial charge in [0.1, 0.15) is 11.5 Å². The maximum absolute atomic E-state index is 5.34. The van der Waals surface area contributed by atoms with Crippen molar-refractivity contribution in [2.24, 2.45) is 0 Å². The van der Waals surface area contributed by atoms with Crippen LogP contribution >= 0.6 is 0 Å². The number of anilines is 1. The first-order valence-corrected chi connectivity index (χ1v) is 6.51. The zero-order valence-electron chi connectivity index (χ0n) is 11.8. The van der Waals surface area contributed by atoms with Gasteiger partial charge in [0.05, 0.1) is 19.9 Å². The Bertz CT molecular complexity index is 564. The molecule has 0 aromatic heterocycles. The highest BCUT2D eigenvalue weighted by Crippen LogP contribution is 2.28. The lowest BCUT2D eigenvalue weighted by Crippen LogP contribution is -2.00. The maximum Gasteiger partial charge on any atom is 0.145 e. The van der Waals surface area contributed by atoms with Crippen molar-refractivity contribution in [2.75, 3.05) is 26.1 Å². The van der Waals surface area contributed by atoms with Gasteiger partial charge in [-0.3, -0.25) is 0 Å². The Morgan fingerprint density at radius 1 is 1.00 bits per heavy atom. The molecule has 0 aliphatic rings. The number of methoxy groups -OCH3 is 2. The first-order chi connectivity index (χ1) is 9.83. The molecule has 0 atom stereocenters. The van der Waals surface area contributed by atoms with Crippen molar-refractivity contribution < 1.29 is 9.47 Å². The van der Waals surface area contributed by atoms with Gasteiger partial charge in [0.15, 0.2) is 0 Å². The number of nitrogens with one attached hydrogen (secondary N) is 1. The van der Waals surface area contributed by atoms with E-state index in [1.807, 2.05) is 36.4 Å². The van der Waals surface area contributed by atoms with Gasteiger partial charge in [0, 0.05) is 12.6 Å².